The van der Waals surface area contributed by atoms with Gasteiger partial charge in [-0.05, 0) is 55.7 Å². The van der Waals surface area contributed by atoms with E-state index in [-0.39, 0.29) is 5.91 Å². The van der Waals surface area contributed by atoms with Crippen LogP contribution in [0.25, 0.3) is 0 Å². The van der Waals surface area contributed by atoms with Gasteiger partial charge in [-0.3, -0.25) is 9.10 Å². The number of hydrogen-bond acceptors (Lipinski definition) is 4. The lowest BCUT2D eigenvalue weighted by Crippen LogP contribution is -2.47. The van der Waals surface area contributed by atoms with Crippen LogP contribution in [0.1, 0.15) is 24.5 Å². The molecule has 2 aromatic rings. The van der Waals surface area contributed by atoms with Crippen LogP contribution in [0.2, 0.25) is 0 Å². The maximum Gasteiger partial charge on any atom is 0.248 e. The summed E-state index contributed by atoms with van der Waals surface area (Å²) in [6.45, 7) is 5.60. The van der Waals surface area contributed by atoms with Crippen molar-refractivity contribution in [3.63, 3.8) is 0 Å². The Morgan fingerprint density at radius 2 is 1.67 bits per heavy atom. The van der Waals surface area contributed by atoms with Crippen LogP contribution >= 0.6 is 0 Å². The Bertz CT molecular complexity index is 888. The molecule has 0 radical (unpaired) electrons. The van der Waals surface area contributed by atoms with Gasteiger partial charge in [-0.15, -0.1) is 0 Å². The van der Waals surface area contributed by atoms with Crippen LogP contribution in [0.15, 0.2) is 42.5 Å². The number of nitrogens with one attached hydrogen (secondary N) is 1. The molecule has 1 amide bonds. The summed E-state index contributed by atoms with van der Waals surface area (Å²) in [5.74, 6) is 0.247. The van der Waals surface area contributed by atoms with Crippen molar-refractivity contribution in [1.82, 2.24) is 0 Å². The van der Waals surface area contributed by atoms with Gasteiger partial charge in [0.25, 0.3) is 0 Å². The minimum Gasteiger partial charge on any atom is -0.497 e. The van der Waals surface area contributed by atoms with Crippen LogP contribution in [0.4, 0.5) is 11.4 Å². The highest BCUT2D eigenvalue weighted by Gasteiger charge is 2.31. The number of para-hydroxylation sites is 1. The third kappa shape index (κ3) is 4.80. The average molecular weight is 391 g/mol. The first-order valence-electron chi connectivity index (χ1n) is 8.69. The lowest BCUT2D eigenvalue weighted by Gasteiger charge is -2.30. The van der Waals surface area contributed by atoms with Gasteiger partial charge in [-0.25, -0.2) is 8.42 Å². The van der Waals surface area contributed by atoms with Crippen LogP contribution < -0.4 is 14.4 Å². The van der Waals surface area contributed by atoms with Gasteiger partial charge in [-0.1, -0.05) is 25.1 Å². The van der Waals surface area contributed by atoms with E-state index in [2.05, 4.69) is 5.32 Å². The average Bonchev–Trinajstić information content (AvgIpc) is 2.61. The van der Waals surface area contributed by atoms with Crippen molar-refractivity contribution in [3.8, 4) is 5.75 Å². The Kier molecular flexibility index (Phi) is 6.49. The molecule has 0 saturated heterocycles. The number of methoxy groups -OCH3 is 1. The predicted octanol–water partition coefficient (Wildman–Crippen LogP) is 3.50. The van der Waals surface area contributed by atoms with Crippen molar-refractivity contribution in [1.29, 1.82) is 0 Å². The van der Waals surface area contributed by atoms with E-state index in [9.17, 15) is 13.2 Å². The monoisotopic (exact) mass is 390 g/mol. The maximum absolute atomic E-state index is 13.0. The molecule has 2 rings (SSSR count). The first-order valence-corrected chi connectivity index (χ1v) is 10.5. The third-order valence-electron chi connectivity index (χ3n) is 4.39. The molecule has 1 unspecified atom stereocenters. The zero-order valence-corrected chi connectivity index (χ0v) is 17.1. The van der Waals surface area contributed by atoms with Crippen LogP contribution in [-0.2, 0) is 14.8 Å². The number of amides is 1. The molecule has 0 aliphatic carbocycles. The van der Waals surface area contributed by atoms with Gasteiger partial charge in [0.05, 0.1) is 19.1 Å². The van der Waals surface area contributed by atoms with Crippen molar-refractivity contribution >= 4 is 27.3 Å². The molecule has 2 aromatic carbocycles. The molecule has 0 saturated carbocycles. The second-order valence-electron chi connectivity index (χ2n) is 6.44. The highest BCUT2D eigenvalue weighted by atomic mass is 32.2. The Morgan fingerprint density at radius 1 is 1.11 bits per heavy atom. The van der Waals surface area contributed by atoms with Crippen molar-refractivity contribution in [2.45, 2.75) is 33.2 Å². The number of hydrogen-bond donors (Lipinski definition) is 1. The molecule has 0 fully saturated rings. The van der Waals surface area contributed by atoms with E-state index in [4.69, 9.17) is 4.74 Å². The number of aryl methyl sites for hydroxylation is 2. The molecule has 0 bridgehead atoms. The second-order valence-corrected chi connectivity index (χ2v) is 8.30. The summed E-state index contributed by atoms with van der Waals surface area (Å²) in [4.78, 5) is 13.0. The Balaban J connectivity index is 2.41. The summed E-state index contributed by atoms with van der Waals surface area (Å²) >= 11 is 0. The van der Waals surface area contributed by atoms with Crippen LogP contribution in [0.5, 0.6) is 5.75 Å². The van der Waals surface area contributed by atoms with Crippen LogP contribution in [-0.4, -0.2) is 33.7 Å². The molecule has 146 valence electrons. The summed E-state index contributed by atoms with van der Waals surface area (Å²) < 4.78 is 31.3. The molecule has 27 heavy (non-hydrogen) atoms. The zero-order valence-electron chi connectivity index (χ0n) is 16.3. The highest BCUT2D eigenvalue weighted by molar-refractivity contribution is 7.92. The standard InChI is InChI=1S/C20H26N2O4S/c1-6-18(20(23)21-19-14(2)8-7-9-15(19)3)22(27(5,24)25)16-10-12-17(26-4)13-11-16/h7-13,18H,6H2,1-5H3,(H,21,23). The number of carbonyl (C=O) groups excluding carboxylic acids is 1. The number of benzene rings is 2. The molecule has 1 atom stereocenters. The number of sulfonamides is 1. The normalized spacial score (nSPS) is 12.3. The van der Waals surface area contributed by atoms with Gasteiger partial charge >= 0.3 is 0 Å². The fourth-order valence-electron chi connectivity index (χ4n) is 3.01. The minimum absolute atomic E-state index is 0.329. The van der Waals surface area contributed by atoms with E-state index < -0.39 is 16.1 Å². The maximum atomic E-state index is 13.0. The molecular weight excluding hydrogens is 364 g/mol. The summed E-state index contributed by atoms with van der Waals surface area (Å²) in [7, 11) is -2.14. The summed E-state index contributed by atoms with van der Waals surface area (Å²) in [5.41, 5.74) is 2.98. The van der Waals surface area contributed by atoms with Gasteiger partial charge in [0.2, 0.25) is 15.9 Å². The lowest BCUT2D eigenvalue weighted by atomic mass is 10.1. The van der Waals surface area contributed by atoms with E-state index in [1.807, 2.05) is 32.0 Å². The molecular formula is C20H26N2O4S. The quantitative estimate of drug-likeness (QED) is 0.785. The van der Waals surface area contributed by atoms with Crippen molar-refractivity contribution in [2.24, 2.45) is 0 Å². The summed E-state index contributed by atoms with van der Waals surface area (Å²) in [6, 6.07) is 11.5. The van der Waals surface area contributed by atoms with Gasteiger partial charge in [0.15, 0.2) is 0 Å². The first kappa shape index (κ1) is 20.8. The van der Waals surface area contributed by atoms with Crippen molar-refractivity contribution in [2.75, 3.05) is 23.0 Å². The molecule has 0 spiro atoms. The number of carbonyl (C=O) groups is 1. The number of rotatable bonds is 7. The number of ether oxygens (including phenoxy) is 1. The summed E-state index contributed by atoms with van der Waals surface area (Å²) in [6.07, 6.45) is 1.43. The van der Waals surface area contributed by atoms with Crippen LogP contribution in [0, 0.1) is 13.8 Å². The number of nitrogens with zero attached hydrogens (tertiary/aromatic N) is 1. The molecule has 6 nitrogen and oxygen atoms in total. The molecule has 0 aliphatic rings. The second kappa shape index (κ2) is 8.43. The van der Waals surface area contributed by atoms with E-state index in [0.29, 0.717) is 23.5 Å². The molecule has 7 heteroatoms. The summed E-state index contributed by atoms with van der Waals surface area (Å²) in [5, 5.41) is 2.90. The number of anilines is 2. The lowest BCUT2D eigenvalue weighted by molar-refractivity contribution is -0.117. The predicted molar refractivity (Wildman–Crippen MR) is 109 cm³/mol. The van der Waals surface area contributed by atoms with E-state index >= 15 is 0 Å². The fourth-order valence-corrected chi connectivity index (χ4v) is 4.22. The smallest absolute Gasteiger partial charge is 0.248 e. The molecule has 0 heterocycles. The van der Waals surface area contributed by atoms with Gasteiger partial charge in [0.1, 0.15) is 11.8 Å². The minimum atomic E-state index is -3.67. The molecule has 1 N–H and O–H groups in total. The first-order chi connectivity index (χ1) is 12.7. The van der Waals surface area contributed by atoms with Crippen LogP contribution in [0.3, 0.4) is 0 Å². The SMILES string of the molecule is CCC(C(=O)Nc1c(C)cccc1C)N(c1ccc(OC)cc1)S(C)(=O)=O. The Morgan fingerprint density at radius 3 is 2.11 bits per heavy atom. The van der Waals surface area contributed by atoms with E-state index in [1.54, 1.807) is 31.2 Å². The Hall–Kier alpha value is -2.54. The van der Waals surface area contributed by atoms with Gasteiger partial charge < -0.3 is 10.1 Å². The van der Waals surface area contributed by atoms with E-state index in [0.717, 1.165) is 21.7 Å². The van der Waals surface area contributed by atoms with Gasteiger partial charge in [0, 0.05) is 5.69 Å². The van der Waals surface area contributed by atoms with Crippen molar-refractivity contribution in [3.05, 3.63) is 53.6 Å². The molecule has 0 aliphatic heterocycles. The fraction of sp³-hybridized carbons (Fsp3) is 0.350. The topological polar surface area (TPSA) is 75.7 Å². The van der Waals surface area contributed by atoms with Crippen molar-refractivity contribution < 1.29 is 17.9 Å². The third-order valence-corrected chi connectivity index (χ3v) is 5.57. The highest BCUT2D eigenvalue weighted by Crippen LogP contribution is 2.26. The zero-order chi connectivity index (χ0) is 20.2. The van der Waals surface area contributed by atoms with Gasteiger partial charge in [-0.2, -0.15) is 0 Å². The Labute approximate surface area is 161 Å². The van der Waals surface area contributed by atoms with E-state index in [1.165, 1.54) is 7.11 Å². The largest absolute Gasteiger partial charge is 0.497 e. The molecule has 0 aromatic heterocycles.